The summed E-state index contributed by atoms with van der Waals surface area (Å²) in [7, 11) is 0. The second kappa shape index (κ2) is 8.59. The maximum atomic E-state index is 12.1. The zero-order chi connectivity index (χ0) is 22.0. The molecule has 0 saturated carbocycles. The molecule has 4 N–H and O–H groups in total. The summed E-state index contributed by atoms with van der Waals surface area (Å²) < 4.78 is 0. The second-order valence-corrected chi connectivity index (χ2v) is 7.69. The molecule has 1 aliphatic heterocycles. The van der Waals surface area contributed by atoms with Crippen molar-refractivity contribution >= 4 is 17.6 Å². The number of amides is 3. The van der Waals surface area contributed by atoms with E-state index in [0.29, 0.717) is 30.2 Å². The van der Waals surface area contributed by atoms with E-state index in [1.807, 2.05) is 37.3 Å². The molecular formula is C23H26N6O2. The van der Waals surface area contributed by atoms with Crippen LogP contribution in [0.4, 0.5) is 10.5 Å². The van der Waals surface area contributed by atoms with E-state index in [0.717, 1.165) is 47.5 Å². The van der Waals surface area contributed by atoms with Crippen LogP contribution in [0.5, 0.6) is 0 Å². The number of primary amides is 1. The van der Waals surface area contributed by atoms with Crippen LogP contribution in [0, 0.1) is 6.92 Å². The lowest BCUT2D eigenvalue weighted by molar-refractivity contribution is 0.0946. The van der Waals surface area contributed by atoms with Crippen LogP contribution >= 0.6 is 0 Å². The minimum Gasteiger partial charge on any atom is -0.356 e. The first-order valence-corrected chi connectivity index (χ1v) is 10.5. The third-order valence-electron chi connectivity index (χ3n) is 5.51. The second-order valence-electron chi connectivity index (χ2n) is 7.69. The molecule has 0 saturated heterocycles. The van der Waals surface area contributed by atoms with Gasteiger partial charge in [-0.25, -0.2) is 14.8 Å². The molecule has 3 aromatic rings. The highest BCUT2D eigenvalue weighted by molar-refractivity contribution is 5.97. The normalized spacial score (nSPS) is 12.9. The Morgan fingerprint density at radius 2 is 2.06 bits per heavy atom. The number of hydrogen-bond acceptors (Lipinski definition) is 4. The van der Waals surface area contributed by atoms with Gasteiger partial charge in [0.15, 0.2) is 5.82 Å². The number of nitrogens with two attached hydrogens (primary N) is 1. The fourth-order valence-electron chi connectivity index (χ4n) is 3.77. The standard InChI is InChI=1S/C23H26N6O2/c1-3-4-11-29(23(24)31)15-6-5-14(2)16(12-15)21-25-9-8-19(28-21)20-13-17-18(27-20)7-10-26-22(17)30/h5-6,8-9,12-13,27H,3-4,7,10-11H2,1-2H3,(H2,24,31)(H,26,30). The van der Waals surface area contributed by atoms with E-state index >= 15 is 0 Å². The lowest BCUT2D eigenvalue weighted by atomic mass is 10.1. The summed E-state index contributed by atoms with van der Waals surface area (Å²) in [5, 5.41) is 2.85. The van der Waals surface area contributed by atoms with Gasteiger partial charge in [0.05, 0.1) is 17.0 Å². The van der Waals surface area contributed by atoms with Crippen molar-refractivity contribution in [2.45, 2.75) is 33.1 Å². The van der Waals surface area contributed by atoms with Crippen LogP contribution in [0.2, 0.25) is 0 Å². The lowest BCUT2D eigenvalue weighted by Crippen LogP contribution is -2.36. The topological polar surface area (TPSA) is 117 Å². The van der Waals surface area contributed by atoms with Gasteiger partial charge in [-0.2, -0.15) is 0 Å². The predicted molar refractivity (Wildman–Crippen MR) is 120 cm³/mol. The number of aromatic amines is 1. The molecule has 0 aliphatic carbocycles. The van der Waals surface area contributed by atoms with Crippen molar-refractivity contribution in [1.29, 1.82) is 0 Å². The fourth-order valence-corrected chi connectivity index (χ4v) is 3.77. The number of fused-ring (bicyclic) bond motifs is 1. The van der Waals surface area contributed by atoms with Gasteiger partial charge < -0.3 is 16.0 Å². The summed E-state index contributed by atoms with van der Waals surface area (Å²) in [6.45, 7) is 5.24. The summed E-state index contributed by atoms with van der Waals surface area (Å²) in [5.41, 5.74) is 11.2. The minimum atomic E-state index is -0.479. The molecule has 2 aromatic heterocycles. The molecule has 3 heterocycles. The van der Waals surface area contributed by atoms with E-state index in [-0.39, 0.29) is 5.91 Å². The van der Waals surface area contributed by atoms with Gasteiger partial charge in [0.25, 0.3) is 5.91 Å². The quantitative estimate of drug-likeness (QED) is 0.568. The Hall–Kier alpha value is -3.68. The number of hydrogen-bond donors (Lipinski definition) is 3. The predicted octanol–water partition coefficient (Wildman–Crippen LogP) is 3.42. The molecule has 0 radical (unpaired) electrons. The van der Waals surface area contributed by atoms with E-state index in [9.17, 15) is 9.59 Å². The van der Waals surface area contributed by atoms with Crippen molar-refractivity contribution in [2.75, 3.05) is 18.0 Å². The van der Waals surface area contributed by atoms with Crippen LogP contribution in [-0.2, 0) is 6.42 Å². The maximum absolute atomic E-state index is 12.1. The highest BCUT2D eigenvalue weighted by Gasteiger charge is 2.21. The number of rotatable bonds is 6. The highest BCUT2D eigenvalue weighted by atomic mass is 16.2. The van der Waals surface area contributed by atoms with Gasteiger partial charge >= 0.3 is 6.03 Å². The Labute approximate surface area is 180 Å². The molecular weight excluding hydrogens is 392 g/mol. The summed E-state index contributed by atoms with van der Waals surface area (Å²) in [6.07, 6.45) is 4.29. The summed E-state index contributed by atoms with van der Waals surface area (Å²) in [6, 6.07) is 8.91. The number of anilines is 1. The van der Waals surface area contributed by atoms with Crippen molar-refractivity contribution < 1.29 is 9.59 Å². The Kier molecular flexibility index (Phi) is 5.70. The molecule has 0 unspecified atom stereocenters. The molecule has 1 aliphatic rings. The first-order chi connectivity index (χ1) is 15.0. The zero-order valence-corrected chi connectivity index (χ0v) is 17.7. The molecule has 160 valence electrons. The highest BCUT2D eigenvalue weighted by Crippen LogP contribution is 2.29. The number of benzene rings is 1. The van der Waals surface area contributed by atoms with Gasteiger partial charge in [-0.1, -0.05) is 19.4 Å². The Morgan fingerprint density at radius 3 is 2.81 bits per heavy atom. The van der Waals surface area contributed by atoms with Gasteiger partial charge in [0.2, 0.25) is 0 Å². The molecule has 8 heteroatoms. The smallest absolute Gasteiger partial charge is 0.319 e. The number of H-pyrrole nitrogens is 1. The third kappa shape index (κ3) is 4.14. The molecule has 0 bridgehead atoms. The summed E-state index contributed by atoms with van der Waals surface area (Å²) >= 11 is 0. The van der Waals surface area contributed by atoms with E-state index in [2.05, 4.69) is 22.2 Å². The minimum absolute atomic E-state index is 0.0693. The number of carbonyl (C=O) groups is 2. The fraction of sp³-hybridized carbons (Fsp3) is 0.304. The van der Waals surface area contributed by atoms with Gasteiger partial charge in [-0.15, -0.1) is 0 Å². The molecule has 0 spiro atoms. The monoisotopic (exact) mass is 418 g/mol. The van der Waals surface area contributed by atoms with Crippen LogP contribution in [0.15, 0.2) is 36.5 Å². The Morgan fingerprint density at radius 1 is 1.23 bits per heavy atom. The zero-order valence-electron chi connectivity index (χ0n) is 17.7. The number of urea groups is 1. The number of nitrogens with one attached hydrogen (secondary N) is 2. The molecule has 8 nitrogen and oxygen atoms in total. The van der Waals surface area contributed by atoms with Gasteiger partial charge in [0.1, 0.15) is 0 Å². The van der Waals surface area contributed by atoms with Gasteiger partial charge in [0, 0.05) is 42.7 Å². The molecule has 0 fully saturated rings. The van der Waals surface area contributed by atoms with E-state index in [4.69, 9.17) is 10.7 Å². The van der Waals surface area contributed by atoms with Gasteiger partial charge in [-0.05, 0) is 43.2 Å². The number of aromatic nitrogens is 3. The number of unbranched alkanes of at least 4 members (excludes halogenated alkanes) is 1. The summed E-state index contributed by atoms with van der Waals surface area (Å²) in [4.78, 5) is 38.2. The van der Waals surface area contributed by atoms with Crippen molar-refractivity contribution in [1.82, 2.24) is 20.3 Å². The Bertz CT molecular complexity index is 1140. The van der Waals surface area contributed by atoms with Crippen molar-refractivity contribution in [2.24, 2.45) is 5.73 Å². The van der Waals surface area contributed by atoms with E-state index in [1.54, 1.807) is 11.1 Å². The SMILES string of the molecule is CCCCN(C(N)=O)c1ccc(C)c(-c2nccc(-c3cc4c([nH]3)CCNC4=O)n2)c1. The molecule has 4 rings (SSSR count). The molecule has 31 heavy (non-hydrogen) atoms. The van der Waals surface area contributed by atoms with Crippen LogP contribution in [-0.4, -0.2) is 40.0 Å². The number of carbonyl (C=O) groups excluding carboxylic acids is 2. The Balaban J connectivity index is 1.71. The average Bonchev–Trinajstić information content (AvgIpc) is 3.21. The first-order valence-electron chi connectivity index (χ1n) is 10.5. The third-order valence-corrected chi connectivity index (χ3v) is 5.51. The largest absolute Gasteiger partial charge is 0.356 e. The summed E-state index contributed by atoms with van der Waals surface area (Å²) in [5.74, 6) is 0.481. The number of nitrogens with zero attached hydrogens (tertiary/aromatic N) is 3. The van der Waals surface area contributed by atoms with Crippen molar-refractivity contribution in [3.8, 4) is 22.8 Å². The number of aryl methyl sites for hydroxylation is 1. The van der Waals surface area contributed by atoms with E-state index in [1.165, 1.54) is 0 Å². The average molecular weight is 419 g/mol. The maximum Gasteiger partial charge on any atom is 0.319 e. The van der Waals surface area contributed by atoms with Crippen molar-refractivity contribution in [3.05, 3.63) is 53.3 Å². The van der Waals surface area contributed by atoms with Crippen LogP contribution in [0.25, 0.3) is 22.8 Å². The van der Waals surface area contributed by atoms with Crippen LogP contribution in [0.1, 0.15) is 41.4 Å². The molecule has 1 aromatic carbocycles. The molecule has 3 amide bonds. The van der Waals surface area contributed by atoms with E-state index < -0.39 is 6.03 Å². The first kappa shape index (κ1) is 20.6. The molecule has 0 atom stereocenters. The van der Waals surface area contributed by atoms with Crippen LogP contribution < -0.4 is 16.0 Å². The van der Waals surface area contributed by atoms with Gasteiger partial charge in [-0.3, -0.25) is 9.69 Å². The van der Waals surface area contributed by atoms with Crippen LogP contribution in [0.3, 0.4) is 0 Å². The van der Waals surface area contributed by atoms with Crippen molar-refractivity contribution in [3.63, 3.8) is 0 Å². The lowest BCUT2D eigenvalue weighted by Gasteiger charge is -2.21.